The van der Waals surface area contributed by atoms with Crippen LogP contribution in [0.4, 0.5) is 10.5 Å². The fourth-order valence-electron chi connectivity index (χ4n) is 1.08. The molecule has 0 bridgehead atoms. The van der Waals surface area contributed by atoms with Gasteiger partial charge in [0.15, 0.2) is 0 Å². The van der Waals surface area contributed by atoms with E-state index in [0.29, 0.717) is 0 Å². The highest BCUT2D eigenvalue weighted by atomic mass is 16.2. The topological polar surface area (TPSA) is 55.1 Å². The zero-order chi connectivity index (χ0) is 8.97. The van der Waals surface area contributed by atoms with Gasteiger partial charge in [0.05, 0.1) is 0 Å². The minimum atomic E-state index is -0.518. The second-order valence-corrected chi connectivity index (χ2v) is 2.50. The number of urea groups is 1. The first-order valence-corrected chi connectivity index (χ1v) is 3.88. The van der Waals surface area contributed by atoms with Gasteiger partial charge >= 0.3 is 6.03 Å². The molecule has 2 amide bonds. The summed E-state index contributed by atoms with van der Waals surface area (Å²) in [5.74, 6) is 0. The number of rotatable bonds is 2. The van der Waals surface area contributed by atoms with E-state index in [4.69, 9.17) is 5.73 Å². The van der Waals surface area contributed by atoms with Gasteiger partial charge in [-0.05, 0) is 18.1 Å². The molecule has 3 nitrogen and oxygen atoms in total. The number of primary amides is 1. The fourth-order valence-corrected chi connectivity index (χ4v) is 1.08. The van der Waals surface area contributed by atoms with Crippen molar-refractivity contribution in [2.45, 2.75) is 13.3 Å². The molecule has 0 aliphatic rings. The monoisotopic (exact) mass is 164 g/mol. The van der Waals surface area contributed by atoms with Gasteiger partial charge in [-0.3, -0.25) is 0 Å². The van der Waals surface area contributed by atoms with Crippen LogP contribution in [0.3, 0.4) is 0 Å². The number of carbonyl (C=O) groups excluding carboxylic acids is 1. The average molecular weight is 164 g/mol. The van der Waals surface area contributed by atoms with Gasteiger partial charge in [-0.25, -0.2) is 4.79 Å². The van der Waals surface area contributed by atoms with Crippen LogP contribution in [0, 0.1) is 0 Å². The van der Waals surface area contributed by atoms with Crippen molar-refractivity contribution < 1.29 is 4.79 Å². The van der Waals surface area contributed by atoms with Gasteiger partial charge in [-0.2, -0.15) is 0 Å². The minimum absolute atomic E-state index is 0.518. The van der Waals surface area contributed by atoms with Crippen molar-refractivity contribution in [2.24, 2.45) is 5.73 Å². The van der Waals surface area contributed by atoms with E-state index in [1.165, 1.54) is 0 Å². The van der Waals surface area contributed by atoms with Crippen LogP contribution in [0.25, 0.3) is 0 Å². The van der Waals surface area contributed by atoms with Gasteiger partial charge in [0.25, 0.3) is 0 Å². The normalized spacial score (nSPS) is 9.42. The molecule has 0 radical (unpaired) electrons. The Bertz CT molecular complexity index is 284. The van der Waals surface area contributed by atoms with Gasteiger partial charge in [-0.1, -0.05) is 25.1 Å². The molecule has 12 heavy (non-hydrogen) atoms. The van der Waals surface area contributed by atoms with E-state index in [9.17, 15) is 4.79 Å². The van der Waals surface area contributed by atoms with Gasteiger partial charge < -0.3 is 11.1 Å². The van der Waals surface area contributed by atoms with Gasteiger partial charge in [0, 0.05) is 5.69 Å². The lowest BCUT2D eigenvalue weighted by molar-refractivity contribution is 0.259. The Balaban J connectivity index is 2.89. The van der Waals surface area contributed by atoms with Crippen molar-refractivity contribution in [3.8, 4) is 0 Å². The quantitative estimate of drug-likeness (QED) is 0.687. The molecule has 0 unspecified atom stereocenters. The van der Waals surface area contributed by atoms with Gasteiger partial charge in [0.1, 0.15) is 0 Å². The second-order valence-electron chi connectivity index (χ2n) is 2.50. The lowest BCUT2D eigenvalue weighted by atomic mass is 10.1. The summed E-state index contributed by atoms with van der Waals surface area (Å²) in [6.07, 6.45) is 0.885. The molecular weight excluding hydrogens is 152 g/mol. The van der Waals surface area contributed by atoms with Crippen molar-refractivity contribution in [1.82, 2.24) is 0 Å². The number of carbonyl (C=O) groups is 1. The van der Waals surface area contributed by atoms with Crippen LogP contribution in [0.1, 0.15) is 12.5 Å². The number of nitrogens with one attached hydrogen (secondary N) is 1. The third kappa shape index (κ3) is 1.99. The van der Waals surface area contributed by atoms with E-state index < -0.39 is 6.03 Å². The van der Waals surface area contributed by atoms with E-state index in [2.05, 4.69) is 5.32 Å². The van der Waals surface area contributed by atoms with E-state index in [0.717, 1.165) is 17.7 Å². The highest BCUT2D eigenvalue weighted by Gasteiger charge is 1.99. The minimum Gasteiger partial charge on any atom is -0.351 e. The molecule has 3 N–H and O–H groups in total. The van der Waals surface area contributed by atoms with E-state index in [1.54, 1.807) is 0 Å². The summed E-state index contributed by atoms with van der Waals surface area (Å²) in [6.45, 7) is 2.03. The molecular formula is C9H12N2O. The Morgan fingerprint density at radius 2 is 2.17 bits per heavy atom. The molecule has 1 rings (SSSR count). The Labute approximate surface area is 71.6 Å². The predicted molar refractivity (Wildman–Crippen MR) is 49.0 cm³/mol. The summed E-state index contributed by atoms with van der Waals surface area (Å²) in [5, 5.41) is 2.56. The Hall–Kier alpha value is -1.51. The second kappa shape index (κ2) is 3.76. The number of nitrogens with two attached hydrogens (primary N) is 1. The van der Waals surface area contributed by atoms with Crippen molar-refractivity contribution in [2.75, 3.05) is 5.32 Å². The predicted octanol–water partition coefficient (Wildman–Crippen LogP) is 1.74. The molecule has 0 aliphatic carbocycles. The summed E-state index contributed by atoms with van der Waals surface area (Å²) in [7, 11) is 0. The van der Waals surface area contributed by atoms with Crippen LogP contribution >= 0.6 is 0 Å². The third-order valence-electron chi connectivity index (χ3n) is 1.66. The first-order valence-electron chi connectivity index (χ1n) is 3.88. The molecule has 64 valence electrons. The number of anilines is 1. The molecule has 3 heteroatoms. The Kier molecular flexibility index (Phi) is 2.69. The number of benzene rings is 1. The maximum atomic E-state index is 10.5. The molecule has 1 aromatic rings. The molecule has 1 aromatic carbocycles. The van der Waals surface area contributed by atoms with Gasteiger partial charge in [0.2, 0.25) is 0 Å². The van der Waals surface area contributed by atoms with E-state index >= 15 is 0 Å². The number of amides is 2. The highest BCUT2D eigenvalue weighted by Crippen LogP contribution is 2.14. The molecule has 0 spiro atoms. The smallest absolute Gasteiger partial charge is 0.316 e. The number of para-hydroxylation sites is 1. The average Bonchev–Trinajstić information content (AvgIpc) is 2.04. The van der Waals surface area contributed by atoms with Crippen molar-refractivity contribution >= 4 is 11.7 Å². The zero-order valence-corrected chi connectivity index (χ0v) is 7.00. The number of hydrogen-bond acceptors (Lipinski definition) is 1. The first kappa shape index (κ1) is 8.59. The largest absolute Gasteiger partial charge is 0.351 e. The molecule has 0 saturated heterocycles. The van der Waals surface area contributed by atoms with Crippen LogP contribution in [0.2, 0.25) is 0 Å². The maximum Gasteiger partial charge on any atom is 0.316 e. The highest BCUT2D eigenvalue weighted by molar-refractivity contribution is 5.88. The molecule has 0 aromatic heterocycles. The standard InChI is InChI=1S/C9H12N2O/c1-2-7-5-3-4-6-8(7)11-9(10)12/h3-6H,2H2,1H3,(H3,10,11,12). The third-order valence-corrected chi connectivity index (χ3v) is 1.66. The molecule has 0 saturated carbocycles. The molecule has 0 atom stereocenters. The number of hydrogen-bond donors (Lipinski definition) is 2. The first-order chi connectivity index (χ1) is 5.74. The molecule has 0 heterocycles. The van der Waals surface area contributed by atoms with Crippen LogP contribution in [0.15, 0.2) is 24.3 Å². The van der Waals surface area contributed by atoms with E-state index in [1.807, 2.05) is 31.2 Å². The van der Waals surface area contributed by atoms with Crippen LogP contribution in [-0.4, -0.2) is 6.03 Å². The molecule has 0 fully saturated rings. The summed E-state index contributed by atoms with van der Waals surface area (Å²) in [6, 6.07) is 7.08. The Morgan fingerprint density at radius 3 is 2.75 bits per heavy atom. The SMILES string of the molecule is CCc1ccccc1NC(N)=O. The van der Waals surface area contributed by atoms with Crippen LogP contribution in [-0.2, 0) is 6.42 Å². The maximum absolute atomic E-state index is 10.5. The summed E-state index contributed by atoms with van der Waals surface area (Å²) < 4.78 is 0. The van der Waals surface area contributed by atoms with Crippen LogP contribution < -0.4 is 11.1 Å². The van der Waals surface area contributed by atoms with E-state index in [-0.39, 0.29) is 0 Å². The van der Waals surface area contributed by atoms with Crippen LogP contribution in [0.5, 0.6) is 0 Å². The number of aryl methyl sites for hydroxylation is 1. The van der Waals surface area contributed by atoms with Crippen molar-refractivity contribution in [3.63, 3.8) is 0 Å². The Morgan fingerprint density at radius 1 is 1.50 bits per heavy atom. The fraction of sp³-hybridized carbons (Fsp3) is 0.222. The van der Waals surface area contributed by atoms with Crippen molar-refractivity contribution in [1.29, 1.82) is 0 Å². The lowest BCUT2D eigenvalue weighted by Gasteiger charge is -2.06. The lowest BCUT2D eigenvalue weighted by Crippen LogP contribution is -2.20. The summed E-state index contributed by atoms with van der Waals surface area (Å²) in [4.78, 5) is 10.5. The summed E-state index contributed by atoms with van der Waals surface area (Å²) in [5.41, 5.74) is 6.89. The molecule has 0 aliphatic heterocycles. The zero-order valence-electron chi connectivity index (χ0n) is 7.00. The summed E-state index contributed by atoms with van der Waals surface area (Å²) >= 11 is 0. The van der Waals surface area contributed by atoms with Gasteiger partial charge in [-0.15, -0.1) is 0 Å². The van der Waals surface area contributed by atoms with Crippen molar-refractivity contribution in [3.05, 3.63) is 29.8 Å².